The molecule has 2 aromatic carbocycles. The Kier molecular flexibility index (Phi) is 7.28. The first-order valence-electron chi connectivity index (χ1n) is 9.27. The van der Waals surface area contributed by atoms with Crippen molar-refractivity contribution in [2.75, 3.05) is 5.32 Å². The van der Waals surface area contributed by atoms with Gasteiger partial charge in [-0.15, -0.1) is 0 Å². The van der Waals surface area contributed by atoms with Crippen molar-refractivity contribution >= 4 is 11.6 Å². The van der Waals surface area contributed by atoms with Crippen molar-refractivity contribution in [2.24, 2.45) is 0 Å². The van der Waals surface area contributed by atoms with Crippen molar-refractivity contribution in [1.29, 1.82) is 5.26 Å². The topological polar surface area (TPSA) is 82.3 Å². The molecule has 0 bridgehead atoms. The maximum absolute atomic E-state index is 14.7. The largest absolute Gasteiger partial charge is 0.511 e. The first-order chi connectivity index (χ1) is 14.5. The zero-order valence-electron chi connectivity index (χ0n) is 17.0. The average Bonchev–Trinajstić information content (AvgIpc) is 2.69. The SMILES string of the molecule is CCC(C)Oc1cc(NC(=O)/C(C#N)=C(/C)O)c(F)cc1-c1cccc(C(F)(F)F)c1. The lowest BCUT2D eigenvalue weighted by Gasteiger charge is -2.19. The molecule has 0 fully saturated rings. The zero-order valence-corrected chi connectivity index (χ0v) is 17.0. The van der Waals surface area contributed by atoms with E-state index in [-0.39, 0.29) is 28.7 Å². The van der Waals surface area contributed by atoms with E-state index in [9.17, 15) is 27.5 Å². The summed E-state index contributed by atoms with van der Waals surface area (Å²) in [6.07, 6.45) is -4.37. The number of halogens is 4. The van der Waals surface area contributed by atoms with E-state index < -0.39 is 34.8 Å². The van der Waals surface area contributed by atoms with Crippen LogP contribution in [-0.2, 0) is 11.0 Å². The number of anilines is 1. The van der Waals surface area contributed by atoms with E-state index in [0.29, 0.717) is 6.42 Å². The third-order valence-electron chi connectivity index (χ3n) is 4.42. The van der Waals surface area contributed by atoms with Gasteiger partial charge in [-0.3, -0.25) is 4.79 Å². The molecule has 0 aliphatic rings. The molecule has 5 nitrogen and oxygen atoms in total. The van der Waals surface area contributed by atoms with Gasteiger partial charge in [-0.1, -0.05) is 19.1 Å². The molecule has 0 aliphatic carbocycles. The summed E-state index contributed by atoms with van der Waals surface area (Å²) in [5.74, 6) is -2.49. The highest BCUT2D eigenvalue weighted by Gasteiger charge is 2.31. The van der Waals surface area contributed by atoms with Crippen LogP contribution in [0.1, 0.15) is 32.8 Å². The molecule has 2 rings (SSSR count). The van der Waals surface area contributed by atoms with Gasteiger partial charge in [-0.25, -0.2) is 4.39 Å². The number of aliphatic hydroxyl groups is 1. The van der Waals surface area contributed by atoms with Crippen LogP contribution in [0.5, 0.6) is 5.75 Å². The Morgan fingerprint density at radius 2 is 1.97 bits per heavy atom. The normalized spacial score (nSPS) is 13.1. The van der Waals surface area contributed by atoms with Crippen LogP contribution in [0.15, 0.2) is 47.7 Å². The molecule has 1 amide bonds. The highest BCUT2D eigenvalue weighted by atomic mass is 19.4. The number of allylic oxidation sites excluding steroid dienone is 1. The molecule has 1 unspecified atom stereocenters. The van der Waals surface area contributed by atoms with Crippen molar-refractivity contribution in [3.05, 3.63) is 59.1 Å². The van der Waals surface area contributed by atoms with Gasteiger partial charge in [0.25, 0.3) is 5.91 Å². The number of aliphatic hydroxyl groups excluding tert-OH is 1. The van der Waals surface area contributed by atoms with Gasteiger partial charge in [0, 0.05) is 11.6 Å². The molecule has 0 aromatic heterocycles. The maximum atomic E-state index is 14.7. The molecule has 31 heavy (non-hydrogen) atoms. The van der Waals surface area contributed by atoms with Gasteiger partial charge in [0.1, 0.15) is 23.4 Å². The van der Waals surface area contributed by atoms with Crippen molar-refractivity contribution in [2.45, 2.75) is 39.5 Å². The number of ether oxygens (including phenoxy) is 1. The number of nitriles is 1. The number of benzene rings is 2. The van der Waals surface area contributed by atoms with Crippen molar-refractivity contribution < 1.29 is 32.2 Å². The van der Waals surface area contributed by atoms with Crippen LogP contribution in [0.4, 0.5) is 23.2 Å². The van der Waals surface area contributed by atoms with Crippen LogP contribution < -0.4 is 10.1 Å². The molecule has 0 saturated carbocycles. The first-order valence-corrected chi connectivity index (χ1v) is 9.27. The number of hydrogen-bond donors (Lipinski definition) is 2. The van der Waals surface area contributed by atoms with Gasteiger partial charge in [0.2, 0.25) is 0 Å². The summed E-state index contributed by atoms with van der Waals surface area (Å²) in [4.78, 5) is 12.2. The predicted molar refractivity (Wildman–Crippen MR) is 107 cm³/mol. The fourth-order valence-corrected chi connectivity index (χ4v) is 2.62. The van der Waals surface area contributed by atoms with E-state index in [1.807, 2.05) is 6.92 Å². The summed E-state index contributed by atoms with van der Waals surface area (Å²) in [5.41, 5.74) is -1.72. The molecule has 2 aromatic rings. The van der Waals surface area contributed by atoms with Crippen molar-refractivity contribution in [3.63, 3.8) is 0 Å². The lowest BCUT2D eigenvalue weighted by atomic mass is 10.0. The number of carbonyl (C=O) groups excluding carboxylic acids is 1. The number of alkyl halides is 3. The Morgan fingerprint density at radius 3 is 2.52 bits per heavy atom. The van der Waals surface area contributed by atoms with Crippen LogP contribution in [0.3, 0.4) is 0 Å². The third kappa shape index (κ3) is 5.75. The second kappa shape index (κ2) is 9.51. The summed E-state index contributed by atoms with van der Waals surface area (Å²) in [6, 6.07) is 7.96. The Morgan fingerprint density at radius 1 is 1.29 bits per heavy atom. The zero-order chi connectivity index (χ0) is 23.3. The summed E-state index contributed by atoms with van der Waals surface area (Å²) in [7, 11) is 0. The first kappa shape index (κ1) is 23.7. The Balaban J connectivity index is 2.58. The quantitative estimate of drug-likeness (QED) is 0.252. The molecule has 0 spiro atoms. The fraction of sp³-hybridized carbons (Fsp3) is 0.273. The standard InChI is InChI=1S/C22H20F4N2O3/c1-4-12(2)31-20-10-19(28-21(30)17(11-27)13(3)29)18(23)9-16(20)14-6-5-7-15(8-14)22(24,25)26/h5-10,12,29H,4H2,1-3H3,(H,28,30)/b17-13-. The average molecular weight is 436 g/mol. The third-order valence-corrected chi connectivity index (χ3v) is 4.42. The summed E-state index contributed by atoms with van der Waals surface area (Å²) >= 11 is 0. The highest BCUT2D eigenvalue weighted by molar-refractivity contribution is 6.07. The van der Waals surface area contributed by atoms with E-state index in [4.69, 9.17) is 10.00 Å². The monoisotopic (exact) mass is 436 g/mol. The van der Waals surface area contributed by atoms with Crippen LogP contribution in [-0.4, -0.2) is 17.1 Å². The fourth-order valence-electron chi connectivity index (χ4n) is 2.62. The summed E-state index contributed by atoms with van der Waals surface area (Å²) in [6.45, 7) is 4.68. The van der Waals surface area contributed by atoms with Gasteiger partial charge in [0.05, 0.1) is 17.4 Å². The maximum Gasteiger partial charge on any atom is 0.416 e. The van der Waals surface area contributed by atoms with Gasteiger partial charge in [0.15, 0.2) is 5.57 Å². The predicted octanol–water partition coefficient (Wildman–Crippen LogP) is 5.98. The number of hydrogen-bond acceptors (Lipinski definition) is 4. The number of nitrogens with zero attached hydrogens (tertiary/aromatic N) is 1. The van der Waals surface area contributed by atoms with Crippen LogP contribution in [0, 0.1) is 17.1 Å². The molecule has 0 aliphatic heterocycles. The molecule has 2 N–H and O–H groups in total. The molecule has 164 valence electrons. The Hall–Kier alpha value is -3.54. The second-order valence-electron chi connectivity index (χ2n) is 6.77. The Labute approximate surface area is 176 Å². The molecular formula is C22H20F4N2O3. The summed E-state index contributed by atoms with van der Waals surface area (Å²) < 4.78 is 59.8. The molecule has 0 radical (unpaired) electrons. The van der Waals surface area contributed by atoms with Gasteiger partial charge >= 0.3 is 6.18 Å². The van der Waals surface area contributed by atoms with Crippen LogP contribution >= 0.6 is 0 Å². The minimum absolute atomic E-state index is 0.0496. The highest BCUT2D eigenvalue weighted by Crippen LogP contribution is 2.38. The number of amides is 1. The van der Waals surface area contributed by atoms with E-state index >= 15 is 0 Å². The van der Waals surface area contributed by atoms with E-state index in [2.05, 4.69) is 5.32 Å². The Bertz CT molecular complexity index is 1050. The number of nitrogens with one attached hydrogen (secondary N) is 1. The molecule has 0 saturated heterocycles. The van der Waals surface area contributed by atoms with E-state index in [0.717, 1.165) is 31.2 Å². The lowest BCUT2D eigenvalue weighted by Crippen LogP contribution is -2.17. The lowest BCUT2D eigenvalue weighted by molar-refractivity contribution is -0.137. The second-order valence-corrected chi connectivity index (χ2v) is 6.77. The molecule has 0 heterocycles. The van der Waals surface area contributed by atoms with Crippen LogP contribution in [0.25, 0.3) is 11.1 Å². The number of rotatable bonds is 6. The molecular weight excluding hydrogens is 416 g/mol. The van der Waals surface area contributed by atoms with Crippen molar-refractivity contribution in [3.8, 4) is 22.9 Å². The minimum atomic E-state index is -4.58. The van der Waals surface area contributed by atoms with Gasteiger partial charge < -0.3 is 15.2 Å². The smallest absolute Gasteiger partial charge is 0.416 e. The summed E-state index contributed by atoms with van der Waals surface area (Å²) in [5, 5.41) is 20.5. The van der Waals surface area contributed by atoms with Gasteiger partial charge in [-0.2, -0.15) is 18.4 Å². The number of carbonyl (C=O) groups is 1. The molecule has 1 atom stereocenters. The van der Waals surface area contributed by atoms with Gasteiger partial charge in [-0.05, 0) is 44.0 Å². The minimum Gasteiger partial charge on any atom is -0.511 e. The van der Waals surface area contributed by atoms with Crippen LogP contribution in [0.2, 0.25) is 0 Å². The van der Waals surface area contributed by atoms with E-state index in [1.165, 1.54) is 18.2 Å². The van der Waals surface area contributed by atoms with E-state index in [1.54, 1.807) is 6.92 Å². The van der Waals surface area contributed by atoms with Crippen molar-refractivity contribution in [1.82, 2.24) is 0 Å². The molecule has 9 heteroatoms.